The molecule has 11 rings (SSSR count). The van der Waals surface area contributed by atoms with Gasteiger partial charge in [-0.2, -0.15) is 0 Å². The van der Waals surface area contributed by atoms with Gasteiger partial charge in [-0.15, -0.1) is 0 Å². The number of benzene rings is 5. The second-order valence-electron chi connectivity index (χ2n) is 28.7. The number of rotatable bonds is 2. The van der Waals surface area contributed by atoms with Crippen molar-refractivity contribution in [3.8, 4) is 0 Å². The molecule has 0 saturated carbocycles. The van der Waals surface area contributed by atoms with Crippen LogP contribution in [-0.2, 0) is 43.3 Å². The quantitative estimate of drug-likeness (QED) is 0.161. The van der Waals surface area contributed by atoms with Crippen molar-refractivity contribution < 1.29 is 4.42 Å². The summed E-state index contributed by atoms with van der Waals surface area (Å²) in [6, 6.07) is 30.2. The fourth-order valence-electron chi connectivity index (χ4n) is 13.6. The van der Waals surface area contributed by atoms with Crippen molar-refractivity contribution in [1.82, 2.24) is 0 Å². The number of fused-ring (bicyclic) bond motifs is 9. The van der Waals surface area contributed by atoms with Crippen LogP contribution in [0, 0.1) is 6.92 Å². The molecule has 0 atom stereocenters. The molecule has 3 aliphatic carbocycles. The molecule has 360 valence electrons. The Kier molecular flexibility index (Phi) is 9.64. The molecule has 69 heavy (non-hydrogen) atoms. The minimum absolute atomic E-state index is 0.0314. The van der Waals surface area contributed by atoms with Gasteiger partial charge < -0.3 is 14.2 Å². The fraction of sp³-hybridized carbons (Fsp3) is 0.508. The van der Waals surface area contributed by atoms with Crippen LogP contribution in [0.4, 0.5) is 34.1 Å². The third-order valence-electron chi connectivity index (χ3n) is 18.9. The number of aryl methyl sites for hydroxylation is 1. The van der Waals surface area contributed by atoms with Gasteiger partial charge in [-0.1, -0.05) is 149 Å². The summed E-state index contributed by atoms with van der Waals surface area (Å²) in [5.41, 5.74) is 25.5. The van der Waals surface area contributed by atoms with Crippen LogP contribution in [0.5, 0.6) is 0 Å². The predicted octanol–water partition coefficient (Wildman–Crippen LogP) is 16.5. The maximum Gasteiger partial charge on any atom is 0.297 e. The van der Waals surface area contributed by atoms with Crippen LogP contribution in [0.2, 0.25) is 0 Å². The zero-order valence-electron chi connectivity index (χ0n) is 46.1. The van der Waals surface area contributed by atoms with E-state index in [1.165, 1.54) is 120 Å². The van der Waals surface area contributed by atoms with Gasteiger partial charge in [0.05, 0.1) is 11.3 Å². The summed E-state index contributed by atoms with van der Waals surface area (Å²) in [6.45, 7) is 46.1. The molecule has 0 saturated heterocycles. The van der Waals surface area contributed by atoms with Crippen molar-refractivity contribution in [2.24, 2.45) is 0 Å². The molecule has 3 heterocycles. The molecule has 0 amide bonds. The van der Waals surface area contributed by atoms with E-state index in [0.717, 1.165) is 30.5 Å². The predicted molar refractivity (Wildman–Crippen MR) is 298 cm³/mol. The highest BCUT2D eigenvalue weighted by Gasteiger charge is 2.51. The highest BCUT2D eigenvalue weighted by atomic mass is 16.3. The Morgan fingerprint density at radius 2 is 0.870 bits per heavy atom. The molecule has 0 spiro atoms. The first-order valence-corrected chi connectivity index (χ1v) is 26.7. The molecule has 3 nitrogen and oxygen atoms in total. The van der Waals surface area contributed by atoms with Crippen LogP contribution in [0.25, 0.3) is 11.0 Å². The number of nitrogens with zero attached hydrogens (tertiary/aromatic N) is 2. The lowest BCUT2D eigenvalue weighted by Gasteiger charge is -2.48. The lowest BCUT2D eigenvalue weighted by atomic mass is 9.35. The Labute approximate surface area is 416 Å². The van der Waals surface area contributed by atoms with Crippen molar-refractivity contribution in [3.05, 3.63) is 123 Å². The van der Waals surface area contributed by atoms with Crippen molar-refractivity contribution in [2.45, 2.75) is 213 Å². The summed E-state index contributed by atoms with van der Waals surface area (Å²) >= 11 is 0. The first-order valence-electron chi connectivity index (χ1n) is 26.7. The van der Waals surface area contributed by atoms with Crippen LogP contribution in [0.1, 0.15) is 213 Å². The molecule has 2 aliphatic heterocycles. The number of furan rings is 1. The van der Waals surface area contributed by atoms with Gasteiger partial charge in [-0.3, -0.25) is 0 Å². The van der Waals surface area contributed by atoms with E-state index < -0.39 is 0 Å². The summed E-state index contributed by atoms with van der Waals surface area (Å²) in [6.07, 6.45) is 7.03. The zero-order valence-corrected chi connectivity index (χ0v) is 46.1. The molecule has 4 heteroatoms. The van der Waals surface area contributed by atoms with E-state index in [-0.39, 0.29) is 50.0 Å². The van der Waals surface area contributed by atoms with Gasteiger partial charge >= 0.3 is 0 Å². The van der Waals surface area contributed by atoms with E-state index in [2.05, 4.69) is 214 Å². The Morgan fingerprint density at radius 3 is 1.36 bits per heavy atom. The summed E-state index contributed by atoms with van der Waals surface area (Å²) < 4.78 is 7.72. The monoisotopic (exact) mass is 917 g/mol. The SMILES string of the molecule is Cc1cc2c(cc1N1c3cc4c(cc3B3c5oc6cc7c(cc6c5N(c5ccc(C(C)(C)C)cc5)c5cc(C(C)(C)C)cc1c53)C(C)(C)CCC7(C)C)C(C)(C)CCC4(C)C)C(C)(C)CCC2(C)C. The molecule has 0 fully saturated rings. The van der Waals surface area contributed by atoms with Crippen molar-refractivity contribution in [1.29, 1.82) is 0 Å². The van der Waals surface area contributed by atoms with E-state index in [4.69, 9.17) is 4.42 Å². The molecule has 5 aliphatic rings. The van der Waals surface area contributed by atoms with Gasteiger partial charge in [0, 0.05) is 33.8 Å². The topological polar surface area (TPSA) is 19.6 Å². The zero-order chi connectivity index (χ0) is 49.7. The molecule has 0 unspecified atom stereocenters. The average Bonchev–Trinajstić information content (AvgIpc) is 3.62. The molecule has 1 aromatic heterocycles. The highest BCUT2D eigenvalue weighted by Crippen LogP contribution is 2.56. The van der Waals surface area contributed by atoms with Gasteiger partial charge in [0.25, 0.3) is 6.71 Å². The summed E-state index contributed by atoms with van der Waals surface area (Å²) in [5.74, 6) is 0. The maximum absolute atomic E-state index is 7.72. The summed E-state index contributed by atoms with van der Waals surface area (Å²) in [4.78, 5) is 5.37. The van der Waals surface area contributed by atoms with Crippen LogP contribution >= 0.6 is 0 Å². The van der Waals surface area contributed by atoms with E-state index in [1.807, 2.05) is 0 Å². The molecular weight excluding hydrogens is 836 g/mol. The fourth-order valence-corrected chi connectivity index (χ4v) is 13.6. The average molecular weight is 917 g/mol. The second-order valence-corrected chi connectivity index (χ2v) is 28.7. The van der Waals surface area contributed by atoms with Crippen LogP contribution in [-0.4, -0.2) is 6.71 Å². The standard InChI is InChI=1S/C65H81BN2O/c1-38-30-43-46(63(14,15)27-24-60(43,8)9)35-50(38)68-51-36-47-45(62(12,13)26-28-64(47,16)17)34-49(51)66-55-52(31-40(32-53(55)68)59(5,6)7)67(41-22-20-39(21-23-41)58(2,3)4)56-42-33-44-48(37-54(42)69-57(56)66)65(18,19)29-25-61(44,10)11/h20-23,30-37H,24-29H2,1-19H3. The van der Waals surface area contributed by atoms with Gasteiger partial charge in [0.2, 0.25) is 0 Å². The van der Waals surface area contributed by atoms with E-state index >= 15 is 0 Å². The lowest BCUT2D eigenvalue weighted by Crippen LogP contribution is -2.61. The minimum atomic E-state index is -0.124. The van der Waals surface area contributed by atoms with Gasteiger partial charge in [-0.25, -0.2) is 0 Å². The third-order valence-corrected chi connectivity index (χ3v) is 18.9. The molecule has 5 aromatic carbocycles. The van der Waals surface area contributed by atoms with Gasteiger partial charge in [0.15, 0.2) is 0 Å². The van der Waals surface area contributed by atoms with Gasteiger partial charge in [-0.05, 0) is 198 Å². The number of anilines is 6. The first kappa shape index (κ1) is 46.7. The summed E-state index contributed by atoms with van der Waals surface area (Å²) in [5, 5.41) is 1.22. The minimum Gasteiger partial charge on any atom is -0.468 e. The van der Waals surface area contributed by atoms with Crippen molar-refractivity contribution >= 4 is 68.4 Å². The van der Waals surface area contributed by atoms with Crippen LogP contribution in [0.15, 0.2) is 77.2 Å². The third kappa shape index (κ3) is 6.85. The van der Waals surface area contributed by atoms with E-state index in [0.29, 0.717) is 0 Å². The van der Waals surface area contributed by atoms with Gasteiger partial charge in [0.1, 0.15) is 5.58 Å². The van der Waals surface area contributed by atoms with E-state index in [9.17, 15) is 0 Å². The smallest absolute Gasteiger partial charge is 0.297 e. The van der Waals surface area contributed by atoms with Crippen molar-refractivity contribution in [3.63, 3.8) is 0 Å². The maximum atomic E-state index is 7.72. The Bertz CT molecular complexity index is 3150. The Morgan fingerprint density at radius 1 is 0.449 bits per heavy atom. The lowest BCUT2D eigenvalue weighted by molar-refractivity contribution is 0.331. The largest absolute Gasteiger partial charge is 0.468 e. The molecule has 0 radical (unpaired) electrons. The Hall–Kier alpha value is -4.70. The highest BCUT2D eigenvalue weighted by molar-refractivity contribution is 7.00. The molecule has 0 bridgehead atoms. The second kappa shape index (κ2) is 14.3. The van der Waals surface area contributed by atoms with Crippen LogP contribution in [0.3, 0.4) is 0 Å². The van der Waals surface area contributed by atoms with Crippen LogP contribution < -0.4 is 26.4 Å². The number of hydrogen-bond donors (Lipinski definition) is 0. The first-order chi connectivity index (χ1) is 31.8. The molecule has 6 aromatic rings. The normalized spacial score (nSPS) is 20.9. The van der Waals surface area contributed by atoms with E-state index in [1.54, 1.807) is 0 Å². The van der Waals surface area contributed by atoms with Crippen molar-refractivity contribution in [2.75, 3.05) is 9.80 Å². The summed E-state index contributed by atoms with van der Waals surface area (Å²) in [7, 11) is 0. The number of hydrogen-bond acceptors (Lipinski definition) is 3. The Balaban J connectivity index is 1.31. The molecule has 0 N–H and O–H groups in total. The molecular formula is C65H81BN2O.